The number of benzene rings is 1. The molecule has 0 saturated heterocycles. The number of carbonyl (C=O) groups excluding carboxylic acids is 1. The zero-order chi connectivity index (χ0) is 15.1. The van der Waals surface area contributed by atoms with Gasteiger partial charge in [0, 0.05) is 12.2 Å². The summed E-state index contributed by atoms with van der Waals surface area (Å²) >= 11 is 0. The summed E-state index contributed by atoms with van der Waals surface area (Å²) in [5.41, 5.74) is 1.64. The van der Waals surface area contributed by atoms with Crippen molar-refractivity contribution in [3.8, 4) is 5.75 Å². The molecule has 1 aromatic rings. The molecule has 0 aliphatic heterocycles. The van der Waals surface area contributed by atoms with E-state index in [0.717, 1.165) is 11.3 Å². The second-order valence-electron chi connectivity index (χ2n) is 5.30. The first kappa shape index (κ1) is 16.3. The highest BCUT2D eigenvalue weighted by atomic mass is 16.5. The first-order valence-corrected chi connectivity index (χ1v) is 6.80. The quantitative estimate of drug-likeness (QED) is 0.750. The summed E-state index contributed by atoms with van der Waals surface area (Å²) < 4.78 is 5.16. The van der Waals surface area contributed by atoms with Crippen LogP contribution in [0.2, 0.25) is 0 Å². The van der Waals surface area contributed by atoms with Crippen molar-refractivity contribution in [1.29, 1.82) is 0 Å². The Balaban J connectivity index is 2.44. The number of amides is 2. The number of hydrogen-bond donors (Lipinski definition) is 3. The second kappa shape index (κ2) is 7.75. The van der Waals surface area contributed by atoms with Crippen molar-refractivity contribution in [2.24, 2.45) is 5.92 Å². The van der Waals surface area contributed by atoms with Gasteiger partial charge in [0.05, 0.1) is 13.2 Å². The SMILES string of the molecule is COc1ccc(NC(=O)NCC(O)CC(C)C)cc1C. The molecular weight excluding hydrogens is 256 g/mol. The van der Waals surface area contributed by atoms with Crippen molar-refractivity contribution in [3.63, 3.8) is 0 Å². The van der Waals surface area contributed by atoms with Crippen LogP contribution in [-0.4, -0.2) is 30.9 Å². The molecule has 0 aliphatic rings. The predicted molar refractivity (Wildman–Crippen MR) is 80.2 cm³/mol. The Morgan fingerprint density at radius 1 is 1.40 bits per heavy atom. The normalized spacial score (nSPS) is 12.1. The van der Waals surface area contributed by atoms with Gasteiger partial charge in [-0.2, -0.15) is 0 Å². The number of urea groups is 1. The minimum atomic E-state index is -0.515. The molecule has 20 heavy (non-hydrogen) atoms. The van der Waals surface area contributed by atoms with Crippen molar-refractivity contribution in [2.45, 2.75) is 33.3 Å². The highest BCUT2D eigenvalue weighted by Crippen LogP contribution is 2.21. The maximum absolute atomic E-state index is 11.7. The Labute approximate surface area is 120 Å². The molecule has 0 radical (unpaired) electrons. The number of aliphatic hydroxyl groups is 1. The fraction of sp³-hybridized carbons (Fsp3) is 0.533. The smallest absolute Gasteiger partial charge is 0.319 e. The zero-order valence-electron chi connectivity index (χ0n) is 12.6. The molecule has 1 unspecified atom stereocenters. The molecule has 3 N–H and O–H groups in total. The van der Waals surface area contributed by atoms with E-state index in [1.807, 2.05) is 26.8 Å². The van der Waals surface area contributed by atoms with Gasteiger partial charge in [-0.25, -0.2) is 4.79 Å². The van der Waals surface area contributed by atoms with E-state index in [9.17, 15) is 9.90 Å². The molecule has 1 atom stereocenters. The summed E-state index contributed by atoms with van der Waals surface area (Å²) in [6.45, 7) is 6.22. The van der Waals surface area contributed by atoms with E-state index in [1.165, 1.54) is 0 Å². The molecule has 0 heterocycles. The van der Waals surface area contributed by atoms with Gasteiger partial charge in [0.15, 0.2) is 0 Å². The van der Waals surface area contributed by atoms with Gasteiger partial charge in [0.25, 0.3) is 0 Å². The van der Waals surface area contributed by atoms with Crippen LogP contribution in [-0.2, 0) is 0 Å². The van der Waals surface area contributed by atoms with Gasteiger partial charge in [-0.3, -0.25) is 0 Å². The van der Waals surface area contributed by atoms with Crippen LogP contribution in [0.4, 0.5) is 10.5 Å². The number of carbonyl (C=O) groups is 1. The Morgan fingerprint density at radius 3 is 2.65 bits per heavy atom. The Morgan fingerprint density at radius 2 is 2.10 bits per heavy atom. The molecule has 0 bridgehead atoms. The lowest BCUT2D eigenvalue weighted by Gasteiger charge is -2.14. The van der Waals surface area contributed by atoms with Crippen LogP contribution < -0.4 is 15.4 Å². The minimum absolute atomic E-state index is 0.249. The van der Waals surface area contributed by atoms with Crippen LogP contribution in [0.1, 0.15) is 25.8 Å². The Kier molecular flexibility index (Phi) is 6.31. The van der Waals surface area contributed by atoms with E-state index >= 15 is 0 Å². The third-order valence-electron chi connectivity index (χ3n) is 2.89. The van der Waals surface area contributed by atoms with Crippen LogP contribution in [0.15, 0.2) is 18.2 Å². The lowest BCUT2D eigenvalue weighted by atomic mass is 10.1. The van der Waals surface area contributed by atoms with Gasteiger partial charge in [0.1, 0.15) is 5.75 Å². The summed E-state index contributed by atoms with van der Waals surface area (Å²) in [5.74, 6) is 1.18. The van der Waals surface area contributed by atoms with Crippen LogP contribution >= 0.6 is 0 Å². The lowest BCUT2D eigenvalue weighted by Crippen LogP contribution is -2.35. The monoisotopic (exact) mass is 280 g/mol. The van der Waals surface area contributed by atoms with Crippen molar-refractivity contribution >= 4 is 11.7 Å². The van der Waals surface area contributed by atoms with Crippen molar-refractivity contribution in [1.82, 2.24) is 5.32 Å². The molecule has 5 nitrogen and oxygen atoms in total. The maximum atomic E-state index is 11.7. The van der Waals surface area contributed by atoms with Crippen LogP contribution in [0.5, 0.6) is 5.75 Å². The van der Waals surface area contributed by atoms with Crippen molar-refractivity contribution in [2.75, 3.05) is 19.0 Å². The average Bonchev–Trinajstić information content (AvgIpc) is 2.36. The van der Waals surface area contributed by atoms with Gasteiger partial charge in [0.2, 0.25) is 0 Å². The number of aliphatic hydroxyl groups excluding tert-OH is 1. The summed E-state index contributed by atoms with van der Waals surface area (Å²) in [6, 6.07) is 5.09. The fourth-order valence-electron chi connectivity index (χ4n) is 1.97. The fourth-order valence-corrected chi connectivity index (χ4v) is 1.97. The van der Waals surface area contributed by atoms with E-state index < -0.39 is 6.10 Å². The molecule has 2 amide bonds. The van der Waals surface area contributed by atoms with E-state index in [1.54, 1.807) is 19.2 Å². The van der Waals surface area contributed by atoms with E-state index in [-0.39, 0.29) is 12.6 Å². The number of aryl methyl sites for hydroxylation is 1. The minimum Gasteiger partial charge on any atom is -0.496 e. The summed E-state index contributed by atoms with van der Waals surface area (Å²) in [4.78, 5) is 11.7. The summed E-state index contributed by atoms with van der Waals surface area (Å²) in [6.07, 6.45) is 0.153. The number of anilines is 1. The molecule has 1 rings (SSSR count). The Bertz CT molecular complexity index is 447. The molecular formula is C15H24N2O3. The van der Waals surface area contributed by atoms with Gasteiger partial charge < -0.3 is 20.5 Å². The van der Waals surface area contributed by atoms with Crippen molar-refractivity contribution in [3.05, 3.63) is 23.8 Å². The van der Waals surface area contributed by atoms with Crippen LogP contribution in [0.25, 0.3) is 0 Å². The molecule has 0 spiro atoms. The topological polar surface area (TPSA) is 70.6 Å². The first-order valence-electron chi connectivity index (χ1n) is 6.80. The highest BCUT2D eigenvalue weighted by Gasteiger charge is 2.09. The molecule has 112 valence electrons. The van der Waals surface area contributed by atoms with Crippen molar-refractivity contribution < 1.29 is 14.6 Å². The number of hydrogen-bond acceptors (Lipinski definition) is 3. The second-order valence-corrected chi connectivity index (χ2v) is 5.30. The largest absolute Gasteiger partial charge is 0.496 e. The van der Waals surface area contributed by atoms with Gasteiger partial charge in [-0.1, -0.05) is 13.8 Å². The van der Waals surface area contributed by atoms with E-state index in [2.05, 4.69) is 10.6 Å². The maximum Gasteiger partial charge on any atom is 0.319 e. The number of rotatable bonds is 6. The summed E-state index contributed by atoms with van der Waals surface area (Å²) in [7, 11) is 1.61. The third-order valence-corrected chi connectivity index (χ3v) is 2.89. The van der Waals surface area contributed by atoms with Crippen LogP contribution in [0.3, 0.4) is 0 Å². The third kappa shape index (κ3) is 5.48. The van der Waals surface area contributed by atoms with Gasteiger partial charge >= 0.3 is 6.03 Å². The first-order chi connectivity index (χ1) is 9.42. The Hall–Kier alpha value is -1.75. The van der Waals surface area contributed by atoms with Crippen LogP contribution in [0, 0.1) is 12.8 Å². The lowest BCUT2D eigenvalue weighted by molar-refractivity contribution is 0.148. The molecule has 5 heteroatoms. The van der Waals surface area contributed by atoms with E-state index in [4.69, 9.17) is 4.74 Å². The number of nitrogens with one attached hydrogen (secondary N) is 2. The van der Waals surface area contributed by atoms with Gasteiger partial charge in [-0.15, -0.1) is 0 Å². The predicted octanol–water partition coefficient (Wildman–Crippen LogP) is 2.53. The molecule has 0 fully saturated rings. The molecule has 0 aromatic heterocycles. The highest BCUT2D eigenvalue weighted by molar-refractivity contribution is 5.89. The average molecular weight is 280 g/mol. The summed E-state index contributed by atoms with van der Waals surface area (Å²) in [5, 5.41) is 15.1. The molecule has 0 aliphatic carbocycles. The van der Waals surface area contributed by atoms with E-state index in [0.29, 0.717) is 18.0 Å². The zero-order valence-corrected chi connectivity index (χ0v) is 12.6. The number of ether oxygens (including phenoxy) is 1. The van der Waals surface area contributed by atoms with Gasteiger partial charge in [-0.05, 0) is 43.0 Å². The molecule has 0 saturated carbocycles. The number of methoxy groups -OCH3 is 1. The standard InChI is InChI=1S/C15H24N2O3/c1-10(2)7-13(18)9-16-15(19)17-12-5-6-14(20-4)11(3)8-12/h5-6,8,10,13,18H,7,9H2,1-4H3,(H2,16,17,19). The molecule has 1 aromatic carbocycles.